The number of fused-ring (bicyclic) bond motifs is 1. The summed E-state index contributed by atoms with van der Waals surface area (Å²) in [6.45, 7) is 0. The van der Waals surface area contributed by atoms with E-state index in [1.807, 2.05) is 30.3 Å². The molecule has 1 aliphatic carbocycles. The van der Waals surface area contributed by atoms with Crippen LogP contribution in [-0.4, -0.2) is 5.91 Å². The van der Waals surface area contributed by atoms with Crippen molar-refractivity contribution in [1.82, 2.24) is 0 Å². The van der Waals surface area contributed by atoms with E-state index in [1.54, 1.807) is 17.8 Å². The molecular weight excluding hydrogens is 309 g/mol. The number of primary amides is 1. The molecule has 0 fully saturated rings. The Balaban J connectivity index is 1.85. The fraction of sp³-hybridized carbons (Fsp3) is 0.316. The van der Waals surface area contributed by atoms with Gasteiger partial charge in [-0.1, -0.05) is 30.0 Å². The minimum Gasteiger partial charge on any atom is -0.370 e. The number of hydrogen-bond donors (Lipinski definition) is 1. The lowest BCUT2D eigenvalue weighted by Gasteiger charge is -2.26. The van der Waals surface area contributed by atoms with Gasteiger partial charge in [0, 0.05) is 16.2 Å². The molecule has 0 aliphatic heterocycles. The van der Waals surface area contributed by atoms with Gasteiger partial charge >= 0.3 is 0 Å². The van der Waals surface area contributed by atoms with Crippen LogP contribution in [0.1, 0.15) is 42.7 Å². The molecule has 0 aromatic heterocycles. The second-order valence-electron chi connectivity index (χ2n) is 5.99. The van der Waals surface area contributed by atoms with Crippen LogP contribution in [0.4, 0.5) is 4.39 Å². The van der Waals surface area contributed by atoms with Crippen LogP contribution in [0, 0.1) is 5.82 Å². The Morgan fingerprint density at radius 1 is 1.22 bits per heavy atom. The van der Waals surface area contributed by atoms with Crippen molar-refractivity contribution in [3.8, 4) is 0 Å². The number of hydrogen-bond acceptors (Lipinski definition) is 2. The number of rotatable bonds is 5. The smallest absolute Gasteiger partial charge is 0.217 e. The normalized spacial score (nSPS) is 16.8. The average molecular weight is 329 g/mol. The summed E-state index contributed by atoms with van der Waals surface area (Å²) in [6.07, 6.45) is 3.84. The molecule has 0 saturated heterocycles. The monoisotopic (exact) mass is 329 g/mol. The van der Waals surface area contributed by atoms with Crippen LogP contribution in [0.2, 0.25) is 0 Å². The van der Waals surface area contributed by atoms with E-state index in [0.717, 1.165) is 40.2 Å². The van der Waals surface area contributed by atoms with E-state index in [0.29, 0.717) is 12.8 Å². The minimum absolute atomic E-state index is 0.113. The number of nitrogens with two attached hydrogens (primary N) is 1. The third-order valence-electron chi connectivity index (χ3n) is 4.31. The summed E-state index contributed by atoms with van der Waals surface area (Å²) in [5, 5.41) is 0. The third kappa shape index (κ3) is 3.94. The molecule has 0 unspecified atom stereocenters. The average Bonchev–Trinajstić information content (AvgIpc) is 2.53. The van der Waals surface area contributed by atoms with E-state index in [2.05, 4.69) is 6.07 Å². The lowest BCUT2D eigenvalue weighted by molar-refractivity contribution is -0.118. The van der Waals surface area contributed by atoms with Gasteiger partial charge in [-0.25, -0.2) is 4.39 Å². The van der Waals surface area contributed by atoms with Gasteiger partial charge in [-0.15, -0.1) is 0 Å². The molecular formula is C19H20FNOS. The van der Waals surface area contributed by atoms with Crippen LogP contribution in [0.5, 0.6) is 0 Å². The van der Waals surface area contributed by atoms with E-state index in [1.165, 1.54) is 0 Å². The molecule has 0 spiro atoms. The molecule has 2 aromatic carbocycles. The number of carbonyl (C=O) groups excluding carboxylic acids is 1. The Morgan fingerprint density at radius 2 is 2.00 bits per heavy atom. The van der Waals surface area contributed by atoms with Gasteiger partial charge in [0.2, 0.25) is 5.91 Å². The highest BCUT2D eigenvalue weighted by Crippen LogP contribution is 2.39. The first-order valence-electron chi connectivity index (χ1n) is 7.97. The van der Waals surface area contributed by atoms with Crippen molar-refractivity contribution < 1.29 is 9.18 Å². The van der Waals surface area contributed by atoms with Gasteiger partial charge in [-0.3, -0.25) is 4.79 Å². The third-order valence-corrected chi connectivity index (χ3v) is 5.29. The molecule has 2 nitrogen and oxygen atoms in total. The highest BCUT2D eigenvalue weighted by atomic mass is 32.2. The van der Waals surface area contributed by atoms with Gasteiger partial charge in [0.05, 0.1) is 0 Å². The lowest BCUT2D eigenvalue weighted by Crippen LogP contribution is -2.16. The van der Waals surface area contributed by atoms with Crippen molar-refractivity contribution in [2.24, 2.45) is 5.73 Å². The summed E-state index contributed by atoms with van der Waals surface area (Å²) < 4.78 is 14.7. The lowest BCUT2D eigenvalue weighted by atomic mass is 9.80. The maximum atomic E-state index is 14.7. The molecule has 2 aromatic rings. The summed E-state index contributed by atoms with van der Waals surface area (Å²) in [6, 6.07) is 13.7. The molecule has 0 heterocycles. The van der Waals surface area contributed by atoms with Gasteiger partial charge in [-0.05, 0) is 67.0 Å². The molecule has 1 atom stereocenters. The highest BCUT2D eigenvalue weighted by Gasteiger charge is 2.24. The quantitative estimate of drug-likeness (QED) is 0.867. The molecule has 3 rings (SSSR count). The van der Waals surface area contributed by atoms with Crippen molar-refractivity contribution >= 4 is 17.7 Å². The zero-order valence-electron chi connectivity index (χ0n) is 12.9. The van der Waals surface area contributed by atoms with Gasteiger partial charge in [-0.2, -0.15) is 0 Å². The fourth-order valence-corrected chi connectivity index (χ4v) is 4.21. The van der Waals surface area contributed by atoms with Crippen molar-refractivity contribution in [3.05, 3.63) is 59.4 Å². The number of halogens is 1. The van der Waals surface area contributed by atoms with Crippen LogP contribution in [0.25, 0.3) is 0 Å². The summed E-state index contributed by atoms with van der Waals surface area (Å²) >= 11 is 1.58. The standard InChI is InChI=1S/C19H20FNOS/c20-17-12-16(23-15-7-2-1-3-8-15)11-14-6-4-5-13(19(14)17)9-10-18(21)22/h1-3,7-8,11-13H,4-6,9-10H2,(H2,21,22)/t13-/m1/s1. The van der Waals surface area contributed by atoms with Gasteiger partial charge < -0.3 is 5.73 Å². The van der Waals surface area contributed by atoms with Crippen molar-refractivity contribution in [3.63, 3.8) is 0 Å². The maximum Gasteiger partial charge on any atom is 0.217 e. The van der Waals surface area contributed by atoms with Crippen LogP contribution in [-0.2, 0) is 11.2 Å². The Bertz CT molecular complexity index is 702. The van der Waals surface area contributed by atoms with Crippen molar-refractivity contribution in [2.75, 3.05) is 0 Å². The Labute approximate surface area is 140 Å². The molecule has 0 bridgehead atoms. The first kappa shape index (κ1) is 16.1. The first-order valence-corrected chi connectivity index (χ1v) is 8.78. The number of amides is 1. The van der Waals surface area contributed by atoms with E-state index in [-0.39, 0.29) is 17.6 Å². The second-order valence-corrected chi connectivity index (χ2v) is 7.13. The zero-order valence-corrected chi connectivity index (χ0v) is 13.7. The molecule has 0 saturated carbocycles. The minimum atomic E-state index is -0.311. The van der Waals surface area contributed by atoms with E-state index in [9.17, 15) is 9.18 Å². The van der Waals surface area contributed by atoms with Crippen LogP contribution < -0.4 is 5.73 Å². The predicted octanol–water partition coefficient (Wildman–Crippen LogP) is 4.66. The summed E-state index contributed by atoms with van der Waals surface area (Å²) in [7, 11) is 0. The molecule has 23 heavy (non-hydrogen) atoms. The van der Waals surface area contributed by atoms with Gasteiger partial charge in [0.1, 0.15) is 5.82 Å². The molecule has 2 N–H and O–H groups in total. The summed E-state index contributed by atoms with van der Waals surface area (Å²) in [5.41, 5.74) is 7.13. The molecule has 120 valence electrons. The van der Waals surface area contributed by atoms with Gasteiger partial charge in [0.25, 0.3) is 0 Å². The Kier molecular flexibility index (Phi) is 5.01. The Morgan fingerprint density at radius 3 is 2.74 bits per heavy atom. The summed E-state index contributed by atoms with van der Waals surface area (Å²) in [4.78, 5) is 13.1. The fourth-order valence-electron chi connectivity index (χ4n) is 3.28. The number of benzene rings is 2. The first-order chi connectivity index (χ1) is 11.1. The second kappa shape index (κ2) is 7.18. The van der Waals surface area contributed by atoms with Crippen LogP contribution in [0.15, 0.2) is 52.3 Å². The van der Waals surface area contributed by atoms with Gasteiger partial charge in [0.15, 0.2) is 0 Å². The highest BCUT2D eigenvalue weighted by molar-refractivity contribution is 7.99. The predicted molar refractivity (Wildman–Crippen MR) is 91.1 cm³/mol. The molecule has 0 radical (unpaired) electrons. The van der Waals surface area contributed by atoms with Crippen LogP contribution >= 0.6 is 11.8 Å². The molecule has 4 heteroatoms. The van der Waals surface area contributed by atoms with E-state index >= 15 is 0 Å². The number of aryl methyl sites for hydroxylation is 1. The van der Waals surface area contributed by atoms with E-state index in [4.69, 9.17) is 5.73 Å². The number of carbonyl (C=O) groups is 1. The maximum absolute atomic E-state index is 14.7. The topological polar surface area (TPSA) is 43.1 Å². The molecule has 1 aliphatic rings. The van der Waals surface area contributed by atoms with Crippen molar-refractivity contribution in [1.29, 1.82) is 0 Å². The molecule has 1 amide bonds. The summed E-state index contributed by atoms with van der Waals surface area (Å²) in [5.74, 6) is -0.342. The SMILES string of the molecule is NC(=O)CC[C@H]1CCCc2cc(Sc3ccccc3)cc(F)c21. The largest absolute Gasteiger partial charge is 0.370 e. The van der Waals surface area contributed by atoms with Crippen molar-refractivity contribution in [2.45, 2.75) is 47.8 Å². The Hall–Kier alpha value is -1.81. The van der Waals surface area contributed by atoms with Crippen LogP contribution in [0.3, 0.4) is 0 Å². The zero-order chi connectivity index (χ0) is 16.2. The van der Waals surface area contributed by atoms with E-state index < -0.39 is 0 Å².